The van der Waals surface area contributed by atoms with Crippen molar-refractivity contribution in [1.29, 1.82) is 0 Å². The monoisotopic (exact) mass is 270 g/mol. The minimum absolute atomic E-state index is 0.347. The van der Waals surface area contributed by atoms with Gasteiger partial charge in [0.2, 0.25) is 0 Å². The number of rotatable bonds is 9. The Bertz CT molecular complexity index is 245. The fourth-order valence-corrected chi connectivity index (χ4v) is 3.49. The van der Waals surface area contributed by atoms with Gasteiger partial charge in [-0.3, -0.25) is 0 Å². The highest BCUT2D eigenvalue weighted by Gasteiger charge is 2.34. The average molecular weight is 270 g/mol. The van der Waals surface area contributed by atoms with Crippen LogP contribution in [0.15, 0.2) is 0 Å². The molecule has 0 atom stereocenters. The van der Waals surface area contributed by atoms with Crippen LogP contribution in [-0.2, 0) is 0 Å². The number of likely N-dealkylation sites (N-methyl/N-ethyl adjacent to an activating group) is 1. The average Bonchev–Trinajstić information content (AvgIpc) is 2.81. The second kappa shape index (κ2) is 7.61. The van der Waals surface area contributed by atoms with Gasteiger partial charge in [-0.05, 0) is 44.7 Å². The largest absolute Gasteiger partial charge is 0.389 e. The molecule has 0 heterocycles. The summed E-state index contributed by atoms with van der Waals surface area (Å²) in [6.07, 6.45) is 6.73. The van der Waals surface area contributed by atoms with Crippen LogP contribution in [0.3, 0.4) is 0 Å². The normalized spacial score (nSPS) is 19.3. The first kappa shape index (κ1) is 16.9. The summed E-state index contributed by atoms with van der Waals surface area (Å²) in [5.41, 5.74) is -0.0696. The van der Waals surface area contributed by atoms with E-state index in [0.717, 1.165) is 39.0 Å². The molecule has 0 spiro atoms. The predicted molar refractivity (Wildman–Crippen MR) is 82.5 cm³/mol. The molecule has 0 unspecified atom stereocenters. The molecule has 19 heavy (non-hydrogen) atoms. The molecular formula is C16H34N2O. The first-order chi connectivity index (χ1) is 8.99. The quantitative estimate of drug-likeness (QED) is 0.676. The minimum atomic E-state index is -0.417. The molecule has 0 aromatic rings. The van der Waals surface area contributed by atoms with Crippen LogP contribution in [0.4, 0.5) is 0 Å². The van der Waals surface area contributed by atoms with Crippen LogP contribution in [-0.4, -0.2) is 48.8 Å². The standard InChI is InChI=1S/C16H34N2O/c1-5-15(6-2,12-17-7-3)13-18(4)14-16(19)10-8-9-11-16/h17,19H,5-14H2,1-4H3. The first-order valence-corrected chi connectivity index (χ1v) is 8.11. The lowest BCUT2D eigenvalue weighted by atomic mass is 9.81. The van der Waals surface area contributed by atoms with Crippen molar-refractivity contribution < 1.29 is 5.11 Å². The topological polar surface area (TPSA) is 35.5 Å². The zero-order chi connectivity index (χ0) is 14.4. The Kier molecular flexibility index (Phi) is 6.78. The highest BCUT2D eigenvalue weighted by Crippen LogP contribution is 2.32. The molecule has 1 aliphatic carbocycles. The molecule has 1 aliphatic rings. The van der Waals surface area contributed by atoms with Crippen molar-refractivity contribution in [2.45, 2.75) is 64.9 Å². The Labute approximate surface area is 119 Å². The summed E-state index contributed by atoms with van der Waals surface area (Å²) in [5.74, 6) is 0. The van der Waals surface area contributed by atoms with Crippen molar-refractivity contribution in [3.63, 3.8) is 0 Å². The van der Waals surface area contributed by atoms with Gasteiger partial charge < -0.3 is 15.3 Å². The number of hydrogen-bond acceptors (Lipinski definition) is 3. The van der Waals surface area contributed by atoms with Crippen LogP contribution in [0.2, 0.25) is 0 Å². The Morgan fingerprint density at radius 2 is 1.74 bits per heavy atom. The van der Waals surface area contributed by atoms with Crippen molar-refractivity contribution in [2.24, 2.45) is 5.41 Å². The lowest BCUT2D eigenvalue weighted by Gasteiger charge is -2.38. The van der Waals surface area contributed by atoms with E-state index in [-0.39, 0.29) is 0 Å². The van der Waals surface area contributed by atoms with E-state index in [9.17, 15) is 5.11 Å². The van der Waals surface area contributed by atoms with Crippen LogP contribution < -0.4 is 5.32 Å². The molecule has 1 fully saturated rings. The van der Waals surface area contributed by atoms with Crippen molar-refractivity contribution >= 4 is 0 Å². The SMILES string of the molecule is CCNCC(CC)(CC)CN(C)CC1(O)CCCC1. The number of aliphatic hydroxyl groups is 1. The maximum atomic E-state index is 10.5. The summed E-state index contributed by atoms with van der Waals surface area (Å²) in [6.45, 7) is 10.8. The summed E-state index contributed by atoms with van der Waals surface area (Å²) in [6, 6.07) is 0. The molecule has 0 aliphatic heterocycles. The molecule has 0 aromatic carbocycles. The van der Waals surface area contributed by atoms with Gasteiger partial charge in [0.25, 0.3) is 0 Å². The fourth-order valence-electron chi connectivity index (χ4n) is 3.49. The van der Waals surface area contributed by atoms with E-state index in [1.165, 1.54) is 25.7 Å². The van der Waals surface area contributed by atoms with E-state index in [4.69, 9.17) is 0 Å². The van der Waals surface area contributed by atoms with Gasteiger partial charge in [-0.1, -0.05) is 33.6 Å². The minimum Gasteiger partial charge on any atom is -0.389 e. The highest BCUT2D eigenvalue weighted by atomic mass is 16.3. The molecule has 0 saturated heterocycles. The van der Waals surface area contributed by atoms with Crippen molar-refractivity contribution in [1.82, 2.24) is 10.2 Å². The summed E-state index contributed by atoms with van der Waals surface area (Å²) < 4.78 is 0. The van der Waals surface area contributed by atoms with Crippen molar-refractivity contribution in [2.75, 3.05) is 33.2 Å². The lowest BCUT2D eigenvalue weighted by molar-refractivity contribution is 0.00420. The van der Waals surface area contributed by atoms with E-state index in [1.54, 1.807) is 0 Å². The maximum absolute atomic E-state index is 10.5. The van der Waals surface area contributed by atoms with Gasteiger partial charge in [0.15, 0.2) is 0 Å². The van der Waals surface area contributed by atoms with Gasteiger partial charge in [0.05, 0.1) is 5.60 Å². The van der Waals surface area contributed by atoms with Gasteiger partial charge in [0.1, 0.15) is 0 Å². The van der Waals surface area contributed by atoms with Gasteiger partial charge in [-0.15, -0.1) is 0 Å². The van der Waals surface area contributed by atoms with E-state index in [0.29, 0.717) is 5.41 Å². The van der Waals surface area contributed by atoms with Crippen LogP contribution in [0.25, 0.3) is 0 Å². The Balaban J connectivity index is 2.52. The summed E-state index contributed by atoms with van der Waals surface area (Å²) in [7, 11) is 2.17. The van der Waals surface area contributed by atoms with Gasteiger partial charge in [0, 0.05) is 19.6 Å². The van der Waals surface area contributed by atoms with Crippen molar-refractivity contribution in [3.8, 4) is 0 Å². The molecule has 0 amide bonds. The fraction of sp³-hybridized carbons (Fsp3) is 1.00. The van der Waals surface area contributed by atoms with Gasteiger partial charge in [-0.25, -0.2) is 0 Å². The second-order valence-electron chi connectivity index (χ2n) is 6.59. The molecule has 3 nitrogen and oxygen atoms in total. The van der Waals surface area contributed by atoms with Crippen LogP contribution >= 0.6 is 0 Å². The van der Waals surface area contributed by atoms with E-state index in [1.807, 2.05) is 0 Å². The van der Waals surface area contributed by atoms with Crippen molar-refractivity contribution in [3.05, 3.63) is 0 Å². The van der Waals surface area contributed by atoms with E-state index < -0.39 is 5.60 Å². The molecule has 1 rings (SSSR count). The summed E-state index contributed by atoms with van der Waals surface area (Å²) >= 11 is 0. The van der Waals surface area contributed by atoms with E-state index >= 15 is 0 Å². The molecule has 114 valence electrons. The highest BCUT2D eigenvalue weighted by molar-refractivity contribution is 4.89. The predicted octanol–water partition coefficient (Wildman–Crippen LogP) is 2.64. The molecular weight excluding hydrogens is 236 g/mol. The Hall–Kier alpha value is -0.120. The third-order valence-electron chi connectivity index (χ3n) is 4.95. The summed E-state index contributed by atoms with van der Waals surface area (Å²) in [4.78, 5) is 2.36. The number of hydrogen-bond donors (Lipinski definition) is 2. The molecule has 0 radical (unpaired) electrons. The smallest absolute Gasteiger partial charge is 0.0774 e. The number of nitrogens with zero attached hydrogens (tertiary/aromatic N) is 1. The molecule has 0 bridgehead atoms. The van der Waals surface area contributed by atoms with E-state index in [2.05, 4.69) is 38.0 Å². The lowest BCUT2D eigenvalue weighted by Crippen LogP contribution is -2.47. The second-order valence-corrected chi connectivity index (χ2v) is 6.59. The maximum Gasteiger partial charge on any atom is 0.0774 e. The molecule has 0 aromatic heterocycles. The zero-order valence-electron chi connectivity index (χ0n) is 13.5. The summed E-state index contributed by atoms with van der Waals surface area (Å²) in [5, 5.41) is 14.0. The third-order valence-corrected chi connectivity index (χ3v) is 4.95. The molecule has 2 N–H and O–H groups in total. The van der Waals surface area contributed by atoms with Crippen LogP contribution in [0.1, 0.15) is 59.3 Å². The zero-order valence-corrected chi connectivity index (χ0v) is 13.5. The third kappa shape index (κ3) is 5.05. The first-order valence-electron chi connectivity index (χ1n) is 8.11. The molecule has 3 heteroatoms. The van der Waals surface area contributed by atoms with Gasteiger partial charge >= 0.3 is 0 Å². The molecule has 1 saturated carbocycles. The van der Waals surface area contributed by atoms with Gasteiger partial charge in [-0.2, -0.15) is 0 Å². The number of nitrogens with one attached hydrogen (secondary N) is 1. The van der Waals surface area contributed by atoms with Crippen LogP contribution in [0.5, 0.6) is 0 Å². The van der Waals surface area contributed by atoms with Crippen LogP contribution in [0, 0.1) is 5.41 Å². The Morgan fingerprint density at radius 3 is 2.21 bits per heavy atom. The Morgan fingerprint density at radius 1 is 1.16 bits per heavy atom.